The highest BCUT2D eigenvalue weighted by atomic mass is 35.5. The predicted octanol–water partition coefficient (Wildman–Crippen LogP) is 3.53. The number of halogens is 3. The second-order valence-electron chi connectivity index (χ2n) is 5.90. The molecule has 0 saturated carbocycles. The van der Waals surface area contributed by atoms with E-state index in [2.05, 4.69) is 20.8 Å². The Morgan fingerprint density at radius 2 is 1.90 bits per heavy atom. The summed E-state index contributed by atoms with van der Waals surface area (Å²) < 4.78 is 31.6. The van der Waals surface area contributed by atoms with Crippen LogP contribution in [-0.4, -0.2) is 29.1 Å². The summed E-state index contributed by atoms with van der Waals surface area (Å²) in [6.45, 7) is 0.245. The van der Waals surface area contributed by atoms with Crippen molar-refractivity contribution in [2.24, 2.45) is 0 Å². The number of rotatable bonds is 6. The average Bonchev–Trinajstić information content (AvgIpc) is 3.17. The Morgan fingerprint density at radius 3 is 2.66 bits per heavy atom. The SMILES string of the molecule is COc1cccc(CNC(=O)c2cc(NC(=O)c3cc(F)c(F)cc3Cl)[nH]n2)c1. The Hall–Kier alpha value is -3.46. The van der Waals surface area contributed by atoms with Crippen LogP contribution in [0.4, 0.5) is 14.6 Å². The predicted molar refractivity (Wildman–Crippen MR) is 102 cm³/mol. The minimum atomic E-state index is -1.21. The molecule has 0 aliphatic carbocycles. The molecule has 3 rings (SSSR count). The van der Waals surface area contributed by atoms with Gasteiger partial charge in [-0.1, -0.05) is 23.7 Å². The van der Waals surface area contributed by atoms with Gasteiger partial charge in [-0.3, -0.25) is 14.7 Å². The van der Waals surface area contributed by atoms with Gasteiger partial charge in [0.15, 0.2) is 17.3 Å². The van der Waals surface area contributed by atoms with E-state index in [9.17, 15) is 18.4 Å². The first-order chi connectivity index (χ1) is 13.9. The molecule has 29 heavy (non-hydrogen) atoms. The maximum atomic E-state index is 13.3. The van der Waals surface area contributed by atoms with Gasteiger partial charge in [-0.25, -0.2) is 8.78 Å². The highest BCUT2D eigenvalue weighted by Gasteiger charge is 2.17. The number of aromatic nitrogens is 2. The zero-order valence-corrected chi connectivity index (χ0v) is 15.8. The standard InChI is InChI=1S/C19H15ClF2N4O3/c1-29-11-4-2-3-10(5-11)9-23-19(28)16-8-17(26-25-16)24-18(27)12-6-14(21)15(22)7-13(12)20/h2-8H,9H2,1H3,(H,23,28)(H2,24,25,26,27). The van der Waals surface area contributed by atoms with Crippen LogP contribution in [0.2, 0.25) is 5.02 Å². The van der Waals surface area contributed by atoms with Crippen LogP contribution in [0.15, 0.2) is 42.5 Å². The van der Waals surface area contributed by atoms with Crippen molar-refractivity contribution in [2.45, 2.75) is 6.54 Å². The Balaban J connectivity index is 1.63. The molecular formula is C19H15ClF2N4O3. The van der Waals surface area contributed by atoms with Crippen LogP contribution >= 0.6 is 11.6 Å². The van der Waals surface area contributed by atoms with Crippen molar-refractivity contribution < 1.29 is 23.1 Å². The number of carbonyl (C=O) groups is 2. The maximum Gasteiger partial charge on any atom is 0.272 e. The van der Waals surface area contributed by atoms with E-state index >= 15 is 0 Å². The fourth-order valence-corrected chi connectivity index (χ4v) is 2.68. The summed E-state index contributed by atoms with van der Waals surface area (Å²) in [4.78, 5) is 24.4. The number of methoxy groups -OCH3 is 1. The normalized spacial score (nSPS) is 10.5. The number of aromatic amines is 1. The molecule has 1 heterocycles. The third-order valence-electron chi connectivity index (χ3n) is 3.90. The third-order valence-corrected chi connectivity index (χ3v) is 4.21. The van der Waals surface area contributed by atoms with Gasteiger partial charge in [0.25, 0.3) is 11.8 Å². The molecule has 0 fully saturated rings. The van der Waals surface area contributed by atoms with Crippen molar-refractivity contribution >= 4 is 29.2 Å². The number of hydrogen-bond donors (Lipinski definition) is 3. The van der Waals surface area contributed by atoms with Crippen LogP contribution in [0.5, 0.6) is 5.75 Å². The molecule has 0 aliphatic heterocycles. The molecule has 1 aromatic heterocycles. The lowest BCUT2D eigenvalue weighted by molar-refractivity contribution is 0.0945. The lowest BCUT2D eigenvalue weighted by atomic mass is 10.2. The highest BCUT2D eigenvalue weighted by molar-refractivity contribution is 6.34. The van der Waals surface area contributed by atoms with E-state index in [1.165, 1.54) is 6.07 Å². The summed E-state index contributed by atoms with van der Waals surface area (Å²) in [6, 6.07) is 9.87. The zero-order chi connectivity index (χ0) is 21.0. The van der Waals surface area contributed by atoms with Gasteiger partial charge >= 0.3 is 0 Å². The first kappa shape index (κ1) is 20.3. The van der Waals surface area contributed by atoms with Crippen molar-refractivity contribution in [1.82, 2.24) is 15.5 Å². The van der Waals surface area contributed by atoms with Crippen molar-refractivity contribution in [3.63, 3.8) is 0 Å². The Labute approximate surface area is 169 Å². The minimum Gasteiger partial charge on any atom is -0.497 e. The van der Waals surface area contributed by atoms with Crippen molar-refractivity contribution in [1.29, 1.82) is 0 Å². The van der Waals surface area contributed by atoms with Gasteiger partial charge in [-0.05, 0) is 29.8 Å². The summed E-state index contributed by atoms with van der Waals surface area (Å²) in [5.74, 6) is -2.89. The first-order valence-electron chi connectivity index (χ1n) is 8.30. The molecule has 3 N–H and O–H groups in total. The molecule has 0 unspecified atom stereocenters. The number of amides is 2. The van der Waals surface area contributed by atoms with Gasteiger partial charge in [-0.2, -0.15) is 5.10 Å². The van der Waals surface area contributed by atoms with Gasteiger partial charge < -0.3 is 15.4 Å². The molecular weight excluding hydrogens is 406 g/mol. The molecule has 0 aliphatic rings. The number of H-pyrrole nitrogens is 1. The molecule has 3 aromatic rings. The third kappa shape index (κ3) is 4.88. The maximum absolute atomic E-state index is 13.3. The Kier molecular flexibility index (Phi) is 6.08. The molecule has 7 nitrogen and oxygen atoms in total. The van der Waals surface area contributed by atoms with E-state index in [0.717, 1.165) is 5.56 Å². The Bertz CT molecular complexity index is 1070. The van der Waals surface area contributed by atoms with E-state index in [1.54, 1.807) is 25.3 Å². The van der Waals surface area contributed by atoms with Gasteiger partial charge in [0.2, 0.25) is 0 Å². The number of carbonyl (C=O) groups excluding carboxylic acids is 2. The van der Waals surface area contributed by atoms with Gasteiger partial charge in [0.05, 0.1) is 17.7 Å². The number of benzene rings is 2. The van der Waals surface area contributed by atoms with Crippen molar-refractivity contribution in [3.05, 3.63) is 75.9 Å². The van der Waals surface area contributed by atoms with Crippen molar-refractivity contribution in [2.75, 3.05) is 12.4 Å². The second-order valence-corrected chi connectivity index (χ2v) is 6.31. The van der Waals surface area contributed by atoms with Crippen LogP contribution in [-0.2, 0) is 6.54 Å². The van der Waals surface area contributed by atoms with E-state index < -0.39 is 23.4 Å². The summed E-state index contributed by atoms with van der Waals surface area (Å²) in [6.07, 6.45) is 0. The monoisotopic (exact) mass is 420 g/mol. The summed E-state index contributed by atoms with van der Waals surface area (Å²) in [7, 11) is 1.55. The molecule has 10 heteroatoms. The highest BCUT2D eigenvalue weighted by Crippen LogP contribution is 2.21. The zero-order valence-electron chi connectivity index (χ0n) is 15.1. The lowest BCUT2D eigenvalue weighted by Gasteiger charge is -2.06. The van der Waals surface area contributed by atoms with Gasteiger partial charge in [0.1, 0.15) is 11.6 Å². The number of hydrogen-bond acceptors (Lipinski definition) is 4. The molecule has 0 radical (unpaired) electrons. The average molecular weight is 421 g/mol. The quantitative estimate of drug-likeness (QED) is 0.531. The minimum absolute atomic E-state index is 0.0274. The lowest BCUT2D eigenvalue weighted by Crippen LogP contribution is -2.23. The van der Waals surface area contributed by atoms with Gasteiger partial charge in [0, 0.05) is 12.6 Å². The Morgan fingerprint density at radius 1 is 1.14 bits per heavy atom. The van der Waals surface area contributed by atoms with Crippen LogP contribution in [0.1, 0.15) is 26.4 Å². The summed E-state index contributed by atoms with van der Waals surface area (Å²) in [5.41, 5.74) is 0.596. The smallest absolute Gasteiger partial charge is 0.272 e. The van der Waals surface area contributed by atoms with E-state index in [-0.39, 0.29) is 28.6 Å². The number of anilines is 1. The fourth-order valence-electron chi connectivity index (χ4n) is 2.44. The first-order valence-corrected chi connectivity index (χ1v) is 8.67. The van der Waals surface area contributed by atoms with Crippen LogP contribution in [0.3, 0.4) is 0 Å². The molecule has 0 bridgehead atoms. The second kappa shape index (κ2) is 8.70. The number of nitrogens with zero attached hydrogens (tertiary/aromatic N) is 1. The molecule has 2 amide bonds. The van der Waals surface area contributed by atoms with E-state index in [4.69, 9.17) is 16.3 Å². The van der Waals surface area contributed by atoms with Crippen LogP contribution < -0.4 is 15.4 Å². The van der Waals surface area contributed by atoms with E-state index in [1.807, 2.05) is 6.07 Å². The fraction of sp³-hybridized carbons (Fsp3) is 0.105. The van der Waals surface area contributed by atoms with Crippen molar-refractivity contribution in [3.8, 4) is 5.75 Å². The largest absolute Gasteiger partial charge is 0.497 e. The van der Waals surface area contributed by atoms with E-state index in [0.29, 0.717) is 17.9 Å². The topological polar surface area (TPSA) is 96.1 Å². The molecule has 150 valence electrons. The van der Waals surface area contributed by atoms with Crippen LogP contribution in [0.25, 0.3) is 0 Å². The van der Waals surface area contributed by atoms with Crippen LogP contribution in [0, 0.1) is 11.6 Å². The molecule has 0 saturated heterocycles. The number of nitrogens with one attached hydrogen (secondary N) is 3. The summed E-state index contributed by atoms with van der Waals surface area (Å²) >= 11 is 5.77. The molecule has 2 aromatic carbocycles. The van der Waals surface area contributed by atoms with Gasteiger partial charge in [-0.15, -0.1) is 0 Å². The number of ether oxygens (including phenoxy) is 1. The summed E-state index contributed by atoms with van der Waals surface area (Å²) in [5, 5.41) is 11.1. The molecule has 0 spiro atoms. The molecule has 0 atom stereocenters.